The highest BCUT2D eigenvalue weighted by atomic mass is 35.5. The van der Waals surface area contributed by atoms with E-state index in [2.05, 4.69) is 5.32 Å². The van der Waals surface area contributed by atoms with Gasteiger partial charge in [0, 0.05) is 12.4 Å². The molecular formula is C9H11Cl2NOS. The van der Waals surface area contributed by atoms with Crippen molar-refractivity contribution in [2.24, 2.45) is 0 Å². The van der Waals surface area contributed by atoms with Gasteiger partial charge in [0.15, 0.2) is 0 Å². The Morgan fingerprint density at radius 1 is 1.64 bits per heavy atom. The summed E-state index contributed by atoms with van der Waals surface area (Å²) in [5.74, 6) is 0.440. The van der Waals surface area contributed by atoms with Gasteiger partial charge in [0.25, 0.3) is 5.91 Å². The Balaban J connectivity index is 2.56. The highest BCUT2D eigenvalue weighted by molar-refractivity contribution is 7.13. The number of aryl methyl sites for hydroxylation is 1. The first-order valence-electron chi connectivity index (χ1n) is 4.24. The number of nitrogens with one attached hydrogen (secondary N) is 1. The van der Waals surface area contributed by atoms with E-state index in [4.69, 9.17) is 23.2 Å². The van der Waals surface area contributed by atoms with Crippen molar-refractivity contribution in [1.82, 2.24) is 5.32 Å². The summed E-state index contributed by atoms with van der Waals surface area (Å²) in [6, 6.07) is 0. The van der Waals surface area contributed by atoms with E-state index in [0.717, 1.165) is 12.0 Å². The minimum Gasteiger partial charge on any atom is -0.351 e. The van der Waals surface area contributed by atoms with Crippen LogP contribution >= 0.6 is 34.5 Å². The van der Waals surface area contributed by atoms with Crippen LogP contribution in [-0.2, 0) is 0 Å². The summed E-state index contributed by atoms with van der Waals surface area (Å²) < 4.78 is 0. The Hall–Kier alpha value is -0.250. The number of rotatable bonds is 4. The summed E-state index contributed by atoms with van der Waals surface area (Å²) in [7, 11) is 0. The molecule has 0 radical (unpaired) electrons. The van der Waals surface area contributed by atoms with Gasteiger partial charge >= 0.3 is 0 Å². The number of amides is 1. The first-order valence-corrected chi connectivity index (χ1v) is 6.03. The van der Waals surface area contributed by atoms with E-state index < -0.39 is 0 Å². The molecule has 1 rings (SSSR count). The molecule has 2 nitrogen and oxygen atoms in total. The van der Waals surface area contributed by atoms with Gasteiger partial charge in [-0.15, -0.1) is 22.9 Å². The van der Waals surface area contributed by atoms with Crippen LogP contribution in [0.3, 0.4) is 0 Å². The molecule has 0 aliphatic carbocycles. The monoisotopic (exact) mass is 251 g/mol. The summed E-state index contributed by atoms with van der Waals surface area (Å²) in [6.45, 7) is 2.48. The second-order valence-corrected chi connectivity index (χ2v) is 4.50. The minimum atomic E-state index is -0.113. The molecule has 0 unspecified atom stereocenters. The lowest BCUT2D eigenvalue weighted by Crippen LogP contribution is -2.24. The third-order valence-electron chi connectivity index (χ3n) is 1.70. The smallest absolute Gasteiger partial charge is 0.262 e. The lowest BCUT2D eigenvalue weighted by molar-refractivity contribution is 0.0958. The Labute approximate surface area is 97.2 Å². The van der Waals surface area contributed by atoms with Gasteiger partial charge in [0.2, 0.25) is 0 Å². The van der Waals surface area contributed by atoms with Crippen LogP contribution in [0.1, 0.15) is 21.7 Å². The zero-order chi connectivity index (χ0) is 10.6. The second kappa shape index (κ2) is 5.59. The molecule has 78 valence electrons. The Morgan fingerprint density at radius 2 is 2.36 bits per heavy atom. The van der Waals surface area contributed by atoms with Crippen molar-refractivity contribution < 1.29 is 4.79 Å². The molecule has 0 fully saturated rings. The van der Waals surface area contributed by atoms with Gasteiger partial charge in [0.1, 0.15) is 4.88 Å². The topological polar surface area (TPSA) is 29.1 Å². The number of hydrogen-bond donors (Lipinski definition) is 1. The predicted molar refractivity (Wildman–Crippen MR) is 61.7 cm³/mol. The van der Waals surface area contributed by atoms with E-state index in [1.807, 2.05) is 12.3 Å². The van der Waals surface area contributed by atoms with Crippen molar-refractivity contribution in [2.75, 3.05) is 12.4 Å². The molecule has 0 spiro atoms. The van der Waals surface area contributed by atoms with Crippen molar-refractivity contribution in [1.29, 1.82) is 0 Å². The summed E-state index contributed by atoms with van der Waals surface area (Å²) >= 11 is 12.8. The molecule has 1 aromatic rings. The molecule has 1 heterocycles. The van der Waals surface area contributed by atoms with Gasteiger partial charge in [0.05, 0.1) is 5.02 Å². The van der Waals surface area contributed by atoms with Crippen molar-refractivity contribution in [2.45, 2.75) is 13.3 Å². The normalized spacial score (nSPS) is 10.2. The zero-order valence-electron chi connectivity index (χ0n) is 7.77. The van der Waals surface area contributed by atoms with E-state index in [1.165, 1.54) is 11.3 Å². The fourth-order valence-corrected chi connectivity index (χ4v) is 2.26. The highest BCUT2D eigenvalue weighted by Gasteiger charge is 2.13. The lowest BCUT2D eigenvalue weighted by Gasteiger charge is -2.01. The average molecular weight is 252 g/mol. The van der Waals surface area contributed by atoms with Gasteiger partial charge < -0.3 is 5.32 Å². The molecule has 1 N–H and O–H groups in total. The minimum absolute atomic E-state index is 0.113. The van der Waals surface area contributed by atoms with Gasteiger partial charge in [-0.25, -0.2) is 0 Å². The van der Waals surface area contributed by atoms with Gasteiger partial charge in [-0.2, -0.15) is 0 Å². The lowest BCUT2D eigenvalue weighted by atomic mass is 10.3. The molecule has 14 heavy (non-hydrogen) atoms. The Morgan fingerprint density at radius 3 is 2.86 bits per heavy atom. The standard InChI is InChI=1S/C9H11Cl2NOS/c1-6-5-14-8(7(6)11)9(13)12-4-2-3-10/h5H,2-4H2,1H3,(H,12,13). The molecule has 0 bridgehead atoms. The second-order valence-electron chi connectivity index (χ2n) is 2.86. The van der Waals surface area contributed by atoms with Crippen LogP contribution in [0.4, 0.5) is 0 Å². The number of halogens is 2. The van der Waals surface area contributed by atoms with Crippen LogP contribution in [0.25, 0.3) is 0 Å². The molecule has 5 heteroatoms. The first kappa shape index (κ1) is 11.8. The van der Waals surface area contributed by atoms with Crippen molar-refractivity contribution >= 4 is 40.4 Å². The molecule has 0 atom stereocenters. The molecular weight excluding hydrogens is 241 g/mol. The fraction of sp³-hybridized carbons (Fsp3) is 0.444. The van der Waals surface area contributed by atoms with Crippen LogP contribution in [0.15, 0.2) is 5.38 Å². The highest BCUT2D eigenvalue weighted by Crippen LogP contribution is 2.26. The van der Waals surface area contributed by atoms with E-state index in [1.54, 1.807) is 0 Å². The van der Waals surface area contributed by atoms with Crippen LogP contribution in [-0.4, -0.2) is 18.3 Å². The molecule has 0 saturated carbocycles. The maximum absolute atomic E-state index is 11.5. The van der Waals surface area contributed by atoms with Crippen LogP contribution < -0.4 is 5.32 Å². The van der Waals surface area contributed by atoms with Gasteiger partial charge in [-0.3, -0.25) is 4.79 Å². The van der Waals surface area contributed by atoms with Crippen LogP contribution in [0.2, 0.25) is 5.02 Å². The Kier molecular flexibility index (Phi) is 4.72. The molecule has 0 aromatic carbocycles. The Bertz CT molecular complexity index is 325. The molecule has 0 saturated heterocycles. The maximum atomic E-state index is 11.5. The quantitative estimate of drug-likeness (QED) is 0.647. The van der Waals surface area contributed by atoms with Crippen molar-refractivity contribution in [3.8, 4) is 0 Å². The maximum Gasteiger partial charge on any atom is 0.262 e. The zero-order valence-corrected chi connectivity index (χ0v) is 10.1. The largest absolute Gasteiger partial charge is 0.351 e. The van der Waals surface area contributed by atoms with Gasteiger partial charge in [-0.05, 0) is 24.3 Å². The summed E-state index contributed by atoms with van der Waals surface area (Å²) in [5.41, 5.74) is 0.944. The fourth-order valence-electron chi connectivity index (χ4n) is 0.932. The van der Waals surface area contributed by atoms with Crippen LogP contribution in [0.5, 0.6) is 0 Å². The summed E-state index contributed by atoms with van der Waals surface area (Å²) in [5, 5.41) is 5.18. The summed E-state index contributed by atoms with van der Waals surface area (Å²) in [6.07, 6.45) is 0.773. The number of alkyl halides is 1. The van der Waals surface area contributed by atoms with Crippen molar-refractivity contribution in [3.63, 3.8) is 0 Å². The SMILES string of the molecule is Cc1csc(C(=O)NCCCCl)c1Cl. The number of hydrogen-bond acceptors (Lipinski definition) is 2. The molecule has 0 aliphatic heterocycles. The van der Waals surface area contributed by atoms with E-state index >= 15 is 0 Å². The third kappa shape index (κ3) is 2.87. The van der Waals surface area contributed by atoms with E-state index in [-0.39, 0.29) is 5.91 Å². The number of carbonyl (C=O) groups is 1. The first-order chi connectivity index (χ1) is 6.66. The van der Waals surface area contributed by atoms with Crippen LogP contribution in [0, 0.1) is 6.92 Å². The summed E-state index contributed by atoms with van der Waals surface area (Å²) in [4.78, 5) is 12.1. The van der Waals surface area contributed by atoms with E-state index in [0.29, 0.717) is 22.3 Å². The average Bonchev–Trinajstić information content (AvgIpc) is 2.48. The molecule has 1 amide bonds. The van der Waals surface area contributed by atoms with E-state index in [9.17, 15) is 4.79 Å². The molecule has 0 aliphatic rings. The van der Waals surface area contributed by atoms with Crippen molar-refractivity contribution in [3.05, 3.63) is 20.8 Å². The predicted octanol–water partition coefficient (Wildman–Crippen LogP) is 3.07. The molecule has 1 aromatic heterocycles. The third-order valence-corrected chi connectivity index (χ3v) is 3.66. The number of carbonyl (C=O) groups excluding carboxylic acids is 1. The number of thiophene rings is 1. The van der Waals surface area contributed by atoms with Gasteiger partial charge in [-0.1, -0.05) is 11.6 Å².